The zero-order valence-electron chi connectivity index (χ0n) is 11.7. The third-order valence-corrected chi connectivity index (χ3v) is 3.52. The monoisotopic (exact) mass is 266 g/mol. The van der Waals surface area contributed by atoms with Gasteiger partial charge in [-0.05, 0) is 25.0 Å². The molecule has 2 rings (SSSR count). The molecule has 0 amide bonds. The largest absolute Gasteiger partial charge is 0.391 e. The number of piperidine rings is 1. The summed E-state index contributed by atoms with van der Waals surface area (Å²) >= 11 is 0. The van der Waals surface area contributed by atoms with Crippen molar-refractivity contribution in [3.05, 3.63) is 29.6 Å². The Labute approximate surface area is 114 Å². The molecule has 0 aromatic heterocycles. The molecule has 1 heterocycles. The standard InChI is InChI=1S/C15H23FN2O/c1-11(2)17-9-13-14(16)6-3-7-15(13)18-8-4-5-12(19)10-18/h3,6-7,11-12,17,19H,4-5,8-10H2,1-2H3. The van der Waals surface area contributed by atoms with Crippen LogP contribution < -0.4 is 10.2 Å². The molecule has 1 saturated heterocycles. The quantitative estimate of drug-likeness (QED) is 0.877. The molecule has 1 aliphatic rings. The maximum Gasteiger partial charge on any atom is 0.129 e. The highest BCUT2D eigenvalue weighted by Gasteiger charge is 2.21. The van der Waals surface area contributed by atoms with Crippen molar-refractivity contribution in [3.63, 3.8) is 0 Å². The fourth-order valence-corrected chi connectivity index (χ4v) is 2.50. The number of aliphatic hydroxyl groups excluding tert-OH is 1. The predicted octanol–water partition coefficient (Wildman–Crippen LogP) is 2.28. The van der Waals surface area contributed by atoms with Gasteiger partial charge in [-0.3, -0.25) is 0 Å². The molecule has 4 heteroatoms. The van der Waals surface area contributed by atoms with E-state index in [0.717, 1.165) is 25.1 Å². The Morgan fingerprint density at radius 1 is 1.47 bits per heavy atom. The van der Waals surface area contributed by atoms with Gasteiger partial charge in [-0.15, -0.1) is 0 Å². The number of aliphatic hydroxyl groups is 1. The highest BCUT2D eigenvalue weighted by molar-refractivity contribution is 5.54. The molecule has 0 spiro atoms. The summed E-state index contributed by atoms with van der Waals surface area (Å²) in [5.74, 6) is -0.175. The van der Waals surface area contributed by atoms with E-state index in [1.54, 1.807) is 6.07 Å². The first-order chi connectivity index (χ1) is 9.08. The van der Waals surface area contributed by atoms with Crippen LogP contribution in [0.1, 0.15) is 32.3 Å². The van der Waals surface area contributed by atoms with Gasteiger partial charge >= 0.3 is 0 Å². The molecule has 1 atom stereocenters. The molecular weight excluding hydrogens is 243 g/mol. The van der Waals surface area contributed by atoms with Gasteiger partial charge in [0.05, 0.1) is 6.10 Å². The molecule has 19 heavy (non-hydrogen) atoms. The van der Waals surface area contributed by atoms with Crippen LogP contribution in [0.5, 0.6) is 0 Å². The molecule has 2 N–H and O–H groups in total. The topological polar surface area (TPSA) is 35.5 Å². The molecule has 0 aliphatic carbocycles. The zero-order valence-corrected chi connectivity index (χ0v) is 11.7. The lowest BCUT2D eigenvalue weighted by Gasteiger charge is -2.33. The lowest BCUT2D eigenvalue weighted by atomic mass is 10.0. The maximum absolute atomic E-state index is 14.0. The fraction of sp³-hybridized carbons (Fsp3) is 0.600. The molecule has 3 nitrogen and oxygen atoms in total. The average molecular weight is 266 g/mol. The number of nitrogens with one attached hydrogen (secondary N) is 1. The minimum Gasteiger partial charge on any atom is -0.391 e. The van der Waals surface area contributed by atoms with Crippen LogP contribution in [0.2, 0.25) is 0 Å². The lowest BCUT2D eigenvalue weighted by Crippen LogP contribution is -2.39. The highest BCUT2D eigenvalue weighted by Crippen LogP contribution is 2.26. The van der Waals surface area contributed by atoms with Crippen molar-refractivity contribution in [2.75, 3.05) is 18.0 Å². The second-order valence-electron chi connectivity index (χ2n) is 5.52. The first kappa shape index (κ1) is 14.3. The van der Waals surface area contributed by atoms with E-state index in [4.69, 9.17) is 0 Å². The summed E-state index contributed by atoms with van der Waals surface area (Å²) in [6.45, 7) is 6.09. The van der Waals surface area contributed by atoms with E-state index >= 15 is 0 Å². The first-order valence-corrected chi connectivity index (χ1v) is 7.01. The van der Waals surface area contributed by atoms with Gasteiger partial charge in [-0.2, -0.15) is 0 Å². The number of rotatable bonds is 4. The molecular formula is C15H23FN2O. The maximum atomic E-state index is 14.0. The van der Waals surface area contributed by atoms with E-state index in [1.807, 2.05) is 19.9 Å². The summed E-state index contributed by atoms with van der Waals surface area (Å²) in [5, 5.41) is 13.0. The number of benzene rings is 1. The predicted molar refractivity (Wildman–Crippen MR) is 75.8 cm³/mol. The SMILES string of the molecule is CC(C)NCc1c(F)cccc1N1CCCC(O)C1. The molecule has 1 unspecified atom stereocenters. The van der Waals surface area contributed by atoms with E-state index in [2.05, 4.69) is 10.2 Å². The van der Waals surface area contributed by atoms with E-state index in [0.29, 0.717) is 24.7 Å². The first-order valence-electron chi connectivity index (χ1n) is 7.01. The van der Waals surface area contributed by atoms with Gasteiger partial charge in [0.25, 0.3) is 0 Å². The summed E-state index contributed by atoms with van der Waals surface area (Å²) in [6, 6.07) is 5.50. The third-order valence-electron chi connectivity index (χ3n) is 3.52. The van der Waals surface area contributed by atoms with Crippen LogP contribution in [-0.2, 0) is 6.54 Å². The smallest absolute Gasteiger partial charge is 0.129 e. The Morgan fingerprint density at radius 3 is 2.95 bits per heavy atom. The Hall–Kier alpha value is -1.13. The van der Waals surface area contributed by atoms with Gasteiger partial charge in [0, 0.05) is 36.9 Å². The summed E-state index contributed by atoms with van der Waals surface area (Å²) in [4.78, 5) is 2.09. The summed E-state index contributed by atoms with van der Waals surface area (Å²) in [7, 11) is 0. The van der Waals surface area contributed by atoms with Gasteiger partial charge in [0.15, 0.2) is 0 Å². The van der Waals surface area contributed by atoms with Gasteiger partial charge in [0.2, 0.25) is 0 Å². The van der Waals surface area contributed by atoms with Crippen molar-refractivity contribution in [2.24, 2.45) is 0 Å². The van der Waals surface area contributed by atoms with E-state index in [-0.39, 0.29) is 11.9 Å². The van der Waals surface area contributed by atoms with E-state index in [9.17, 15) is 9.50 Å². The molecule has 1 fully saturated rings. The molecule has 0 bridgehead atoms. The second kappa shape index (κ2) is 6.35. The summed E-state index contributed by atoms with van der Waals surface area (Å²) in [6.07, 6.45) is 1.49. The van der Waals surface area contributed by atoms with Crippen molar-refractivity contribution < 1.29 is 9.50 Å². The van der Waals surface area contributed by atoms with Crippen LogP contribution in [0.3, 0.4) is 0 Å². The van der Waals surface area contributed by atoms with Gasteiger partial charge in [0.1, 0.15) is 5.82 Å². The van der Waals surface area contributed by atoms with Crippen molar-refractivity contribution in [1.82, 2.24) is 5.32 Å². The number of hydrogen-bond donors (Lipinski definition) is 2. The molecule has 0 saturated carbocycles. The van der Waals surface area contributed by atoms with Crippen LogP contribution in [0.15, 0.2) is 18.2 Å². The summed E-state index contributed by atoms with van der Waals surface area (Å²) < 4.78 is 14.0. The van der Waals surface area contributed by atoms with E-state index in [1.165, 1.54) is 6.07 Å². The van der Waals surface area contributed by atoms with Crippen molar-refractivity contribution >= 4 is 5.69 Å². The highest BCUT2D eigenvalue weighted by atomic mass is 19.1. The van der Waals surface area contributed by atoms with Crippen molar-refractivity contribution in [2.45, 2.75) is 45.4 Å². The number of β-amino-alcohol motifs (C(OH)–C–C–N with tert-alkyl or cyclic N) is 1. The number of nitrogens with zero attached hydrogens (tertiary/aromatic N) is 1. The van der Waals surface area contributed by atoms with Gasteiger partial charge in [-0.1, -0.05) is 19.9 Å². The number of anilines is 1. The Kier molecular flexibility index (Phi) is 4.77. The normalized spacial score (nSPS) is 20.1. The second-order valence-corrected chi connectivity index (χ2v) is 5.52. The molecule has 1 aromatic rings. The molecule has 1 aromatic carbocycles. The minimum atomic E-state index is -0.303. The fourth-order valence-electron chi connectivity index (χ4n) is 2.50. The number of halogens is 1. The molecule has 106 valence electrons. The third kappa shape index (κ3) is 3.67. The van der Waals surface area contributed by atoms with Crippen LogP contribution in [0.4, 0.5) is 10.1 Å². The molecule has 1 aliphatic heterocycles. The average Bonchev–Trinajstić information content (AvgIpc) is 2.37. The van der Waals surface area contributed by atoms with Crippen LogP contribution in [0, 0.1) is 5.82 Å². The Bertz CT molecular complexity index is 423. The van der Waals surface area contributed by atoms with Crippen LogP contribution in [0.25, 0.3) is 0 Å². The molecule has 0 radical (unpaired) electrons. The lowest BCUT2D eigenvalue weighted by molar-refractivity contribution is 0.154. The van der Waals surface area contributed by atoms with Crippen molar-refractivity contribution in [1.29, 1.82) is 0 Å². The Balaban J connectivity index is 2.20. The van der Waals surface area contributed by atoms with Crippen LogP contribution in [-0.4, -0.2) is 30.3 Å². The van der Waals surface area contributed by atoms with E-state index < -0.39 is 0 Å². The van der Waals surface area contributed by atoms with Crippen molar-refractivity contribution in [3.8, 4) is 0 Å². The van der Waals surface area contributed by atoms with Crippen LogP contribution >= 0.6 is 0 Å². The van der Waals surface area contributed by atoms with Gasteiger partial charge in [-0.25, -0.2) is 4.39 Å². The zero-order chi connectivity index (χ0) is 13.8. The Morgan fingerprint density at radius 2 is 2.26 bits per heavy atom. The minimum absolute atomic E-state index is 0.175. The summed E-state index contributed by atoms with van der Waals surface area (Å²) in [5.41, 5.74) is 1.61. The van der Waals surface area contributed by atoms with Gasteiger partial charge < -0.3 is 15.3 Å². The number of hydrogen-bond acceptors (Lipinski definition) is 3.